The minimum Gasteiger partial charge on any atom is -1.00 e. The molecule has 0 fully saturated rings. The van der Waals surface area contributed by atoms with E-state index in [9.17, 15) is 27.7 Å². The normalized spacial score (nSPS) is 16.1. The van der Waals surface area contributed by atoms with Gasteiger partial charge in [-0.05, 0) is 17.0 Å². The summed E-state index contributed by atoms with van der Waals surface area (Å²) in [6, 6.07) is 12.6. The van der Waals surface area contributed by atoms with Gasteiger partial charge in [0.05, 0.1) is 12.1 Å². The molecule has 0 aromatic heterocycles. The third-order valence-electron chi connectivity index (χ3n) is 5.29. The van der Waals surface area contributed by atoms with Crippen LogP contribution in [0.2, 0.25) is 0 Å². The van der Waals surface area contributed by atoms with Crippen molar-refractivity contribution < 1.29 is 63.4 Å². The second-order valence-corrected chi connectivity index (χ2v) is 9.31. The number of benzene rings is 2. The molecule has 0 bridgehead atoms. The summed E-state index contributed by atoms with van der Waals surface area (Å²) >= 11 is 0. The van der Waals surface area contributed by atoms with E-state index in [0.717, 1.165) is 0 Å². The van der Waals surface area contributed by atoms with E-state index in [1.165, 1.54) is 24.3 Å². The summed E-state index contributed by atoms with van der Waals surface area (Å²) in [6.45, 7) is 3.03. The first-order valence-corrected chi connectivity index (χ1v) is 11.4. The molecule has 4 atom stereocenters. The molecule has 0 radical (unpaired) electrons. The Morgan fingerprint density at radius 2 is 1.52 bits per heavy atom. The zero-order valence-electron chi connectivity index (χ0n) is 19.8. The van der Waals surface area contributed by atoms with Gasteiger partial charge in [-0.25, -0.2) is 0 Å². The molecule has 0 saturated carbocycles. The number of esters is 1. The number of rotatable bonds is 10. The van der Waals surface area contributed by atoms with Crippen LogP contribution in [0.5, 0.6) is 0 Å². The van der Waals surface area contributed by atoms with E-state index in [1.54, 1.807) is 50.2 Å². The molecule has 2 aromatic rings. The van der Waals surface area contributed by atoms with Crippen LogP contribution in [-0.2, 0) is 36.5 Å². The zero-order valence-corrected chi connectivity index (χ0v) is 21.6. The van der Waals surface area contributed by atoms with Crippen molar-refractivity contribution in [3.8, 4) is 0 Å². The van der Waals surface area contributed by atoms with Crippen molar-refractivity contribution in [1.82, 2.24) is 0 Å². The number of ketones is 1. The van der Waals surface area contributed by atoms with Gasteiger partial charge in [0.2, 0.25) is 0 Å². The molecule has 0 heterocycles. The fraction of sp³-hybridized carbons (Fsp3) is 0.364. The van der Waals surface area contributed by atoms with Crippen molar-refractivity contribution in [2.75, 3.05) is 0 Å². The number of hydrogen-bond acceptors (Lipinski definition) is 8. The Bertz CT molecular complexity index is 1040. The maximum atomic E-state index is 13.6. The molecule has 0 aliphatic carbocycles. The van der Waals surface area contributed by atoms with Gasteiger partial charge in [0, 0.05) is 0 Å². The van der Waals surface area contributed by atoms with Gasteiger partial charge in [0.25, 0.3) is 10.1 Å². The zero-order chi connectivity index (χ0) is 24.1. The minimum absolute atomic E-state index is 0. The molecule has 0 aliphatic heterocycles. The Hall–Kier alpha value is -1.63. The van der Waals surface area contributed by atoms with Gasteiger partial charge < -0.3 is 22.7 Å². The average molecular weight is 489 g/mol. The molecule has 6 N–H and O–H groups in total. The van der Waals surface area contributed by atoms with Gasteiger partial charge in [-0.15, -0.1) is 0 Å². The number of hydrogen-bond donors (Lipinski definition) is 4. The molecule has 3 unspecified atom stereocenters. The van der Waals surface area contributed by atoms with Gasteiger partial charge in [-0.1, -0.05) is 74.5 Å². The Morgan fingerprint density at radius 1 is 1.03 bits per heavy atom. The van der Waals surface area contributed by atoms with Gasteiger partial charge >= 0.3 is 35.5 Å². The Labute approximate surface area is 217 Å². The number of ether oxygens (including phenoxy) is 1. The Balaban J connectivity index is 0.00000544. The smallest absolute Gasteiger partial charge is 1.00 e. The maximum Gasteiger partial charge on any atom is 1.00 e. The summed E-state index contributed by atoms with van der Waals surface area (Å²) in [5.74, 6) is -2.58. The Kier molecular flexibility index (Phi) is 10.9. The molecule has 33 heavy (non-hydrogen) atoms. The SMILES string of the molecule is CC(C)[C@@H](N)C(=O)C(C(=O)OCc1ccccc1)(c1ccccc1)C(N)C(O)S(=O)(=O)O.[H-].[Na+]. The van der Waals surface area contributed by atoms with Gasteiger partial charge in [0.15, 0.2) is 16.6 Å². The fourth-order valence-corrected chi connectivity index (χ4v) is 3.93. The molecule has 0 saturated heterocycles. The van der Waals surface area contributed by atoms with E-state index in [4.69, 9.17) is 16.2 Å². The molecule has 11 heteroatoms. The average Bonchev–Trinajstić information content (AvgIpc) is 2.77. The Morgan fingerprint density at radius 3 is 1.97 bits per heavy atom. The van der Waals surface area contributed by atoms with Crippen LogP contribution in [0.25, 0.3) is 0 Å². The minimum atomic E-state index is -5.14. The molecular weight excluding hydrogens is 459 g/mol. The summed E-state index contributed by atoms with van der Waals surface area (Å²) in [6.07, 6.45) is 0. The van der Waals surface area contributed by atoms with Crippen molar-refractivity contribution in [3.63, 3.8) is 0 Å². The van der Waals surface area contributed by atoms with Crippen LogP contribution >= 0.6 is 0 Å². The van der Waals surface area contributed by atoms with Crippen LogP contribution in [0.1, 0.15) is 26.4 Å². The summed E-state index contributed by atoms with van der Waals surface area (Å²) in [5.41, 5.74) is 7.55. The maximum absolute atomic E-state index is 13.6. The molecule has 0 amide bonds. The number of Topliss-reactive ketones (excluding diaryl/α,β-unsaturated/α-hetero) is 1. The van der Waals surface area contributed by atoms with Crippen molar-refractivity contribution in [2.45, 2.75) is 43.4 Å². The first kappa shape index (κ1) is 29.4. The van der Waals surface area contributed by atoms with E-state index in [0.29, 0.717) is 5.56 Å². The molecule has 2 aromatic carbocycles. The van der Waals surface area contributed by atoms with E-state index in [1.807, 2.05) is 0 Å². The van der Waals surface area contributed by atoms with Crippen LogP contribution in [0, 0.1) is 5.92 Å². The van der Waals surface area contributed by atoms with Crippen LogP contribution in [-0.4, -0.2) is 47.3 Å². The second kappa shape index (κ2) is 12.2. The van der Waals surface area contributed by atoms with Crippen molar-refractivity contribution in [2.24, 2.45) is 17.4 Å². The summed E-state index contributed by atoms with van der Waals surface area (Å²) in [7, 11) is -5.14. The van der Waals surface area contributed by atoms with Crippen molar-refractivity contribution in [3.05, 3.63) is 71.8 Å². The summed E-state index contributed by atoms with van der Waals surface area (Å²) < 4.78 is 38.3. The van der Waals surface area contributed by atoms with E-state index in [-0.39, 0.29) is 43.2 Å². The molecule has 0 aliphatic rings. The quantitative estimate of drug-likeness (QED) is 0.126. The van der Waals surface area contributed by atoms with Crippen LogP contribution in [0.15, 0.2) is 60.7 Å². The molecule has 176 valence electrons. The van der Waals surface area contributed by atoms with Gasteiger partial charge in [0.1, 0.15) is 6.61 Å². The van der Waals surface area contributed by atoms with Crippen molar-refractivity contribution in [1.29, 1.82) is 0 Å². The van der Waals surface area contributed by atoms with Crippen molar-refractivity contribution >= 4 is 21.9 Å². The van der Waals surface area contributed by atoms with Gasteiger partial charge in [-0.2, -0.15) is 8.42 Å². The van der Waals surface area contributed by atoms with Crippen LogP contribution in [0.3, 0.4) is 0 Å². The number of aliphatic hydroxyl groups is 1. The topological polar surface area (TPSA) is 170 Å². The van der Waals surface area contributed by atoms with Crippen LogP contribution < -0.4 is 41.0 Å². The third-order valence-corrected chi connectivity index (χ3v) is 6.19. The van der Waals surface area contributed by atoms with E-state index < -0.39 is 50.7 Å². The van der Waals surface area contributed by atoms with E-state index in [2.05, 4.69) is 0 Å². The third kappa shape index (κ3) is 6.49. The largest absolute Gasteiger partial charge is 1.00 e. The van der Waals surface area contributed by atoms with Crippen LogP contribution in [0.4, 0.5) is 0 Å². The molecular formula is C22H29N2NaO7S. The predicted octanol–water partition coefficient (Wildman–Crippen LogP) is -2.13. The number of carbonyl (C=O) groups excluding carboxylic acids is 2. The summed E-state index contributed by atoms with van der Waals surface area (Å²) in [4.78, 5) is 27.2. The molecule has 9 nitrogen and oxygen atoms in total. The second-order valence-electron chi connectivity index (χ2n) is 7.80. The number of aliphatic hydroxyl groups excluding tert-OH is 1. The molecule has 2 rings (SSSR count). The van der Waals surface area contributed by atoms with E-state index >= 15 is 0 Å². The predicted molar refractivity (Wildman–Crippen MR) is 119 cm³/mol. The standard InChI is InChI=1S/C22H28N2O7S.Na.H/c1-14(2)17(23)19(25)22(16-11-7-4-8-12-16,18(24)20(26)32(28,29)30)21(27)31-13-15-9-5-3-6-10-15;;/h3-12,14,17-18,20,26H,13,23-24H2,1-2H3,(H,28,29,30);;/q;+1;-1/t17-,18?,20?,22?;;/m1../s1. The number of carbonyl (C=O) groups is 2. The first-order chi connectivity index (χ1) is 14.9. The van der Waals surface area contributed by atoms with Gasteiger partial charge in [-0.3, -0.25) is 14.1 Å². The summed E-state index contributed by atoms with van der Waals surface area (Å²) in [5, 5.41) is 10.3. The fourth-order valence-electron chi connectivity index (χ4n) is 3.36. The number of nitrogens with two attached hydrogens (primary N) is 2. The monoisotopic (exact) mass is 488 g/mol. The molecule has 0 spiro atoms. The first-order valence-electron chi connectivity index (χ1n) is 9.90.